The molecule has 39 nitrogen and oxygen atoms in total. The number of amides is 13. The molecule has 0 fully saturated rings. The van der Waals surface area contributed by atoms with Crippen LogP contribution in [0.25, 0.3) is 0 Å². The zero-order chi connectivity index (χ0) is 90.2. The van der Waals surface area contributed by atoms with Gasteiger partial charge in [-0.1, -0.05) is 12.8 Å². The number of rotatable bonds is 91. The lowest BCUT2D eigenvalue weighted by Crippen LogP contribution is -2.44. The number of ether oxygens (including phenoxy) is 13. The number of hydrogen-bond acceptors (Lipinski definition) is 26. The van der Waals surface area contributed by atoms with E-state index in [4.69, 9.17) is 61.6 Å². The summed E-state index contributed by atoms with van der Waals surface area (Å²) in [4.78, 5) is 166. The number of methoxy groups -OCH3 is 5. The molecule has 0 aromatic carbocycles. The molecule has 0 aliphatic heterocycles. The van der Waals surface area contributed by atoms with Crippen molar-refractivity contribution in [3.63, 3.8) is 0 Å². The molecule has 0 bridgehead atoms. The zero-order valence-electron chi connectivity index (χ0n) is 74.9. The van der Waals surface area contributed by atoms with E-state index in [0.29, 0.717) is 169 Å². The van der Waals surface area contributed by atoms with E-state index in [0.717, 1.165) is 77.0 Å². The van der Waals surface area contributed by atoms with Gasteiger partial charge in [0.15, 0.2) is 0 Å². The third-order valence-corrected chi connectivity index (χ3v) is 18.4. The Balaban J connectivity index is 5.92. The first-order valence-electron chi connectivity index (χ1n) is 44.5. The average molecular weight is 1770 g/mol. The van der Waals surface area contributed by atoms with Crippen LogP contribution >= 0.6 is 0 Å². The van der Waals surface area contributed by atoms with Crippen LogP contribution in [0.5, 0.6) is 0 Å². The molecule has 714 valence electrons. The van der Waals surface area contributed by atoms with Crippen molar-refractivity contribution in [3.8, 4) is 0 Å². The molecule has 39 heteroatoms. The van der Waals surface area contributed by atoms with Crippen molar-refractivity contribution in [1.29, 1.82) is 0 Å². The minimum absolute atomic E-state index is 0.0210. The number of hydrogen-bond donors (Lipinski definition) is 13. The normalized spacial score (nSPS) is 11.8. The van der Waals surface area contributed by atoms with Crippen molar-refractivity contribution in [3.05, 3.63) is 0 Å². The predicted octanol–water partition coefficient (Wildman–Crippen LogP) is 1.45. The molecule has 123 heavy (non-hydrogen) atoms. The standard InChI is InChI=1S/C84H157N13O26/c1-111-45-19-7-6-15-35-85-79(105)63-70(97-80(106)64-71(28-10-18-38-88-82(108)66-121-59-55-117-51-42-92-73(99)30-12-21-47-113-3)96-77(103)34-25-40-90-84(110)68-123-61-57-119-53-44-94-75(101)32-14-23-49-115-5)27-8-16-36-86-78(104)62-69(26-9-17-37-87-81(107)65-120-58-54-116-50-41-91-72(98)29-11-20-46-112-2)95-76(102)33-24-39-89-83(109)67-122-60-56-118-52-43-93-74(100)31-13-22-48-114-4/h69-71H,6-68H2,1-5H3,(H,85,105)(H,86,104)(H,87,107)(H,88,108)(H,89,109)(H,90,110)(H,91,98)(H,92,99)(H,93,100)(H,94,101)(H,95,102)(H,96,103)(H,97,106). The highest BCUT2D eigenvalue weighted by molar-refractivity contribution is 5.83. The highest BCUT2D eigenvalue weighted by Crippen LogP contribution is 2.12. The fraction of sp³-hybridized carbons (Fsp3) is 0.845. The Bertz CT molecular complexity index is 2720. The topological polar surface area (TPSA) is 498 Å². The molecule has 0 aliphatic rings. The molecule has 0 rings (SSSR count). The molecule has 0 heterocycles. The van der Waals surface area contributed by atoms with Crippen molar-refractivity contribution in [2.45, 2.75) is 224 Å². The van der Waals surface area contributed by atoms with Gasteiger partial charge in [0.25, 0.3) is 0 Å². The molecular weight excluding hydrogens is 1610 g/mol. The predicted molar refractivity (Wildman–Crippen MR) is 460 cm³/mol. The molecule has 0 aromatic rings. The van der Waals surface area contributed by atoms with Crippen molar-refractivity contribution in [2.24, 2.45) is 0 Å². The molecule has 0 radical (unpaired) electrons. The quantitative estimate of drug-likeness (QED) is 0.0383. The van der Waals surface area contributed by atoms with Gasteiger partial charge in [-0.3, -0.25) is 62.3 Å². The van der Waals surface area contributed by atoms with E-state index >= 15 is 0 Å². The van der Waals surface area contributed by atoms with Crippen LogP contribution < -0.4 is 69.1 Å². The van der Waals surface area contributed by atoms with E-state index in [2.05, 4.69) is 69.1 Å². The second-order valence-corrected chi connectivity index (χ2v) is 29.5. The first-order valence-corrected chi connectivity index (χ1v) is 44.5. The summed E-state index contributed by atoms with van der Waals surface area (Å²) in [5, 5.41) is 37.2. The molecule has 13 amide bonds. The van der Waals surface area contributed by atoms with Crippen LogP contribution in [-0.4, -0.2) is 335 Å². The zero-order valence-corrected chi connectivity index (χ0v) is 74.9. The van der Waals surface area contributed by atoms with Crippen molar-refractivity contribution < 1.29 is 124 Å². The number of unbranched alkanes of at least 4 members (excludes halogenated alkanes) is 10. The SMILES string of the molecule is COCCCCCCNC(=O)CC(CCCCNC(=O)CC(CCCCNC(=O)COCCOCCNC(=O)CCCCOC)NC(=O)CCCNC(=O)COCCOCCNC(=O)CCCCOC)NC(=O)CC(CCCCNC(=O)COCCOCCNC(=O)CCCCOC)NC(=O)CCCNC(=O)COCCOCCNC(=O)CCCCOC. The molecule has 0 aliphatic carbocycles. The Kier molecular flexibility index (Phi) is 82.7. The van der Waals surface area contributed by atoms with Gasteiger partial charge in [-0.05, 0) is 135 Å². The van der Waals surface area contributed by atoms with Gasteiger partial charge in [-0.15, -0.1) is 0 Å². The van der Waals surface area contributed by atoms with Crippen LogP contribution in [0.4, 0.5) is 0 Å². The van der Waals surface area contributed by atoms with Gasteiger partial charge in [-0.2, -0.15) is 0 Å². The molecule has 0 saturated heterocycles. The van der Waals surface area contributed by atoms with Crippen LogP contribution in [-0.2, 0) is 124 Å². The Morgan fingerprint density at radius 3 is 0.675 bits per heavy atom. The minimum Gasteiger partial charge on any atom is -0.385 e. The largest absolute Gasteiger partial charge is 0.385 e. The van der Waals surface area contributed by atoms with Crippen molar-refractivity contribution >= 4 is 76.8 Å². The summed E-state index contributed by atoms with van der Waals surface area (Å²) in [5.74, 6) is -3.37. The number of carbonyl (C=O) groups is 13. The van der Waals surface area contributed by atoms with E-state index in [1.54, 1.807) is 35.5 Å². The van der Waals surface area contributed by atoms with Crippen LogP contribution in [0.3, 0.4) is 0 Å². The minimum atomic E-state index is -0.655. The van der Waals surface area contributed by atoms with Crippen LogP contribution in [0, 0.1) is 0 Å². The second kappa shape index (κ2) is 88.0. The summed E-state index contributed by atoms with van der Waals surface area (Å²) in [5.41, 5.74) is 0. The summed E-state index contributed by atoms with van der Waals surface area (Å²) in [7, 11) is 8.12. The molecule has 3 unspecified atom stereocenters. The van der Waals surface area contributed by atoms with Crippen molar-refractivity contribution in [2.75, 3.05) is 240 Å². The Labute approximate surface area is 730 Å². The van der Waals surface area contributed by atoms with Gasteiger partial charge in [0.2, 0.25) is 76.8 Å². The van der Waals surface area contributed by atoms with E-state index in [1.807, 2.05) is 0 Å². The molecule has 0 saturated carbocycles. The molecule has 0 spiro atoms. The van der Waals surface area contributed by atoms with E-state index in [9.17, 15) is 62.3 Å². The maximum Gasteiger partial charge on any atom is 0.245 e. The van der Waals surface area contributed by atoms with E-state index in [1.165, 1.54) is 0 Å². The van der Waals surface area contributed by atoms with Gasteiger partial charge in [-0.25, -0.2) is 0 Å². The van der Waals surface area contributed by atoms with Crippen molar-refractivity contribution in [1.82, 2.24) is 69.1 Å². The molecule has 13 N–H and O–H groups in total. The summed E-state index contributed by atoms with van der Waals surface area (Å²) >= 11 is 0. The summed E-state index contributed by atoms with van der Waals surface area (Å²) in [6, 6.07) is -1.87. The van der Waals surface area contributed by atoms with E-state index < -0.39 is 24.0 Å². The van der Waals surface area contributed by atoms with Crippen LogP contribution in [0.1, 0.15) is 205 Å². The Morgan fingerprint density at radius 1 is 0.179 bits per heavy atom. The van der Waals surface area contributed by atoms with Gasteiger partial charge in [0.1, 0.15) is 26.4 Å². The van der Waals surface area contributed by atoms with Gasteiger partial charge >= 0.3 is 0 Å². The fourth-order valence-corrected chi connectivity index (χ4v) is 11.8. The van der Waals surface area contributed by atoms with Crippen LogP contribution in [0.2, 0.25) is 0 Å². The maximum absolute atomic E-state index is 14.1. The van der Waals surface area contributed by atoms with Gasteiger partial charge in [0.05, 0.1) is 79.3 Å². The third kappa shape index (κ3) is 83.9. The fourth-order valence-electron chi connectivity index (χ4n) is 11.8. The lowest BCUT2D eigenvalue weighted by atomic mass is 10.0. The summed E-state index contributed by atoms with van der Waals surface area (Å²) in [6.45, 7) is 7.93. The second-order valence-electron chi connectivity index (χ2n) is 29.5. The number of nitrogens with one attached hydrogen (secondary N) is 13. The lowest BCUT2D eigenvalue weighted by Gasteiger charge is -2.22. The highest BCUT2D eigenvalue weighted by Gasteiger charge is 2.23. The number of carbonyl (C=O) groups excluding carboxylic acids is 13. The Morgan fingerprint density at radius 2 is 0.390 bits per heavy atom. The third-order valence-electron chi connectivity index (χ3n) is 18.4. The average Bonchev–Trinajstić information content (AvgIpc) is 0.908. The summed E-state index contributed by atoms with van der Waals surface area (Å²) < 4.78 is 69.0. The maximum atomic E-state index is 14.1. The molecule has 0 aromatic heterocycles. The molecular formula is C84H157N13O26. The first-order chi connectivity index (χ1) is 59.8. The summed E-state index contributed by atoms with van der Waals surface area (Å²) in [6.07, 6.45) is 15.7. The van der Waals surface area contributed by atoms with Gasteiger partial charge < -0.3 is 131 Å². The smallest absolute Gasteiger partial charge is 0.245 e. The van der Waals surface area contributed by atoms with Crippen LogP contribution in [0.15, 0.2) is 0 Å². The monoisotopic (exact) mass is 1760 g/mol. The molecule has 3 atom stereocenters. The first kappa shape index (κ1) is 116. The Hall–Kier alpha value is -7.41. The van der Waals surface area contributed by atoms with Gasteiger partial charge in [0, 0.05) is 210 Å². The van der Waals surface area contributed by atoms with E-state index in [-0.39, 0.29) is 235 Å². The highest BCUT2D eigenvalue weighted by atomic mass is 16.5. The lowest BCUT2D eigenvalue weighted by molar-refractivity contribution is -0.127.